The minimum absolute atomic E-state index is 0.0172. The molecule has 348 valence electrons. The number of hydrogen-bond donors (Lipinski definition) is 7. The van der Waals surface area contributed by atoms with E-state index in [4.69, 9.17) is 29.7 Å². The van der Waals surface area contributed by atoms with Crippen molar-refractivity contribution in [1.82, 2.24) is 10.6 Å². The molecule has 1 spiro atoms. The highest BCUT2D eigenvalue weighted by Crippen LogP contribution is 2.47. The fraction of sp³-hybridized carbons (Fsp3) is 0.633. The number of fused-ring (bicyclic) bond motifs is 7. The van der Waals surface area contributed by atoms with Crippen molar-refractivity contribution in [1.29, 1.82) is 0 Å². The second-order valence-electron chi connectivity index (χ2n) is 18.2. The predicted molar refractivity (Wildman–Crippen MR) is 251 cm³/mol. The topological polar surface area (TPSA) is 197 Å². The summed E-state index contributed by atoms with van der Waals surface area (Å²) in [6.07, 6.45) is 6.48. The Labute approximate surface area is 386 Å². The van der Waals surface area contributed by atoms with Crippen LogP contribution in [-0.4, -0.2) is 101 Å². The SMILES string of the molecule is COCCCC1CCCCC12CC#CC1NC(N)=NC(C(C)C)CSSCC1C1Cc3c4cc(c(c3OC1O)OCN2)CC#Cc1c(ccc(O)c1OCO)CCC(=O)CC(O)CC4. The van der Waals surface area contributed by atoms with Crippen LogP contribution in [0.1, 0.15) is 106 Å². The van der Waals surface area contributed by atoms with E-state index in [1.54, 1.807) is 34.8 Å². The Morgan fingerprint density at radius 2 is 1.88 bits per heavy atom. The molecule has 8 rings (SSSR count). The number of carbonyl (C=O) groups excluding carboxylic acids is 1. The van der Waals surface area contributed by atoms with Gasteiger partial charge in [-0.2, -0.15) is 0 Å². The van der Waals surface area contributed by atoms with Gasteiger partial charge in [0, 0.05) is 79.4 Å². The lowest BCUT2D eigenvalue weighted by Gasteiger charge is -2.45. The Morgan fingerprint density at radius 3 is 2.69 bits per heavy atom. The van der Waals surface area contributed by atoms with Gasteiger partial charge in [0.05, 0.1) is 23.8 Å². The quantitative estimate of drug-likeness (QED) is 0.0809. The highest BCUT2D eigenvalue weighted by molar-refractivity contribution is 8.76. The molecule has 13 nitrogen and oxygen atoms in total. The van der Waals surface area contributed by atoms with E-state index in [0.717, 1.165) is 61.0 Å². The van der Waals surface area contributed by atoms with Crippen molar-refractivity contribution in [3.05, 3.63) is 46.0 Å². The standard InChI is InChI=1S/C49H66N4O9S2/c1-30(2)42-27-64-63-26-40-39-25-38-32-15-18-36(56)24-35(55)17-14-31-16-19-43(57)45(61-29-54)37(31)12-6-9-33(23-32)44(46(38)62-47(39)58)60-28-51-49(21-7-13-41(40)52-48(50)53-42)20-5-4-10-34(49)11-8-22-59-3/h16,19,23,30,34,36,39-42,47,51,54,56-58H,4-5,8-11,14-15,17-18,20-22,24-29H2,1-3H3,(H3,50,52,53). The Bertz CT molecular complexity index is 2110. The first-order chi connectivity index (χ1) is 31.0. The molecule has 4 heterocycles. The molecule has 2 aliphatic carbocycles. The third-order valence-electron chi connectivity index (χ3n) is 13.7. The number of nitrogens with zero attached hydrogens (tertiary/aromatic N) is 1. The monoisotopic (exact) mass is 918 g/mol. The fourth-order valence-corrected chi connectivity index (χ4v) is 12.9. The number of aliphatic imine (C=N–C) groups is 1. The molecule has 6 aliphatic rings. The van der Waals surface area contributed by atoms with Crippen molar-refractivity contribution in [2.45, 2.75) is 134 Å². The van der Waals surface area contributed by atoms with E-state index >= 15 is 0 Å². The van der Waals surface area contributed by atoms with Gasteiger partial charge in [0.25, 0.3) is 0 Å². The van der Waals surface area contributed by atoms with Gasteiger partial charge in [-0.3, -0.25) is 10.1 Å². The molecule has 0 saturated heterocycles. The number of phenols is 1. The minimum atomic E-state index is -1.22. The number of aliphatic hydroxyl groups is 3. The number of ketones is 1. The van der Waals surface area contributed by atoms with Crippen molar-refractivity contribution >= 4 is 33.3 Å². The first-order valence-corrected chi connectivity index (χ1v) is 25.5. The minimum Gasteiger partial charge on any atom is -0.504 e. The van der Waals surface area contributed by atoms with E-state index in [1.807, 2.05) is 0 Å². The number of methoxy groups -OCH3 is 1. The second kappa shape index (κ2) is 22.6. The van der Waals surface area contributed by atoms with Crippen molar-refractivity contribution in [3.63, 3.8) is 0 Å². The van der Waals surface area contributed by atoms with E-state index in [-0.39, 0.29) is 60.8 Å². The molecule has 8 N–H and O–H groups in total. The first-order valence-electron chi connectivity index (χ1n) is 23.0. The van der Waals surface area contributed by atoms with Crippen LogP contribution in [0.15, 0.2) is 23.2 Å². The van der Waals surface area contributed by atoms with E-state index in [9.17, 15) is 25.2 Å². The first kappa shape index (κ1) is 48.1. The van der Waals surface area contributed by atoms with Gasteiger partial charge >= 0.3 is 0 Å². The summed E-state index contributed by atoms with van der Waals surface area (Å²) in [6, 6.07) is 4.84. The number of aryl methyl sites for hydroxylation is 2. The molecule has 0 aromatic heterocycles. The number of hydrogen-bond acceptors (Lipinski definition) is 15. The Morgan fingerprint density at radius 1 is 1.03 bits per heavy atom. The van der Waals surface area contributed by atoms with Crippen LogP contribution in [0, 0.1) is 47.4 Å². The molecule has 8 atom stereocenters. The van der Waals surface area contributed by atoms with Crippen LogP contribution in [0.3, 0.4) is 0 Å². The van der Waals surface area contributed by atoms with Gasteiger partial charge in [0.2, 0.25) is 6.29 Å². The van der Waals surface area contributed by atoms with Crippen molar-refractivity contribution < 1.29 is 44.2 Å². The molecular weight excluding hydrogens is 853 g/mol. The summed E-state index contributed by atoms with van der Waals surface area (Å²) in [5, 5.41) is 51.4. The van der Waals surface area contributed by atoms with Gasteiger partial charge in [0.15, 0.2) is 35.8 Å². The normalized spacial score (nSPS) is 29.0. The molecule has 1 saturated carbocycles. The van der Waals surface area contributed by atoms with Gasteiger partial charge in [-0.25, -0.2) is 4.99 Å². The van der Waals surface area contributed by atoms with Crippen LogP contribution in [0.4, 0.5) is 0 Å². The number of benzene rings is 2. The summed E-state index contributed by atoms with van der Waals surface area (Å²) in [6.45, 7) is 4.47. The molecule has 8 unspecified atom stereocenters. The number of rotatable bonds is 7. The molecule has 6 bridgehead atoms. The van der Waals surface area contributed by atoms with Gasteiger partial charge in [-0.15, -0.1) is 0 Å². The number of Topliss-reactive ketones (excluding diaryl/α,β-unsaturated/α-hetero) is 1. The lowest BCUT2D eigenvalue weighted by atomic mass is 9.69. The maximum Gasteiger partial charge on any atom is 0.201 e. The molecule has 64 heavy (non-hydrogen) atoms. The Hall–Kier alpha value is -3.80. The van der Waals surface area contributed by atoms with Gasteiger partial charge < -0.3 is 50.4 Å². The predicted octanol–water partition coefficient (Wildman–Crippen LogP) is 5.38. The number of nitrogens with two attached hydrogens (primary N) is 1. The van der Waals surface area contributed by atoms with Gasteiger partial charge in [-0.05, 0) is 80.4 Å². The van der Waals surface area contributed by atoms with Crippen LogP contribution in [0.25, 0.3) is 0 Å². The zero-order chi connectivity index (χ0) is 45.2. The third-order valence-corrected chi connectivity index (χ3v) is 16.2. The van der Waals surface area contributed by atoms with Crippen molar-refractivity contribution in [2.24, 2.45) is 34.4 Å². The van der Waals surface area contributed by atoms with Crippen LogP contribution in [-0.2, 0) is 35.2 Å². The van der Waals surface area contributed by atoms with Crippen LogP contribution < -0.4 is 30.6 Å². The van der Waals surface area contributed by atoms with Crippen LogP contribution in [0.2, 0.25) is 0 Å². The average molecular weight is 919 g/mol. The summed E-state index contributed by atoms with van der Waals surface area (Å²) in [4.78, 5) is 18.2. The zero-order valence-corrected chi connectivity index (χ0v) is 39.1. The van der Waals surface area contributed by atoms with Crippen LogP contribution >= 0.6 is 21.6 Å². The van der Waals surface area contributed by atoms with Crippen molar-refractivity contribution in [3.8, 4) is 46.7 Å². The molecule has 2 aromatic carbocycles. The largest absolute Gasteiger partial charge is 0.504 e. The zero-order valence-electron chi connectivity index (χ0n) is 37.5. The molecular formula is C49H66N4O9S2. The smallest absolute Gasteiger partial charge is 0.201 e. The van der Waals surface area contributed by atoms with E-state index < -0.39 is 31.1 Å². The number of aliphatic hydroxyl groups excluding tert-OH is 3. The molecule has 0 amide bonds. The Kier molecular flexibility index (Phi) is 17.0. The Balaban J connectivity index is 1.37. The molecule has 4 aliphatic heterocycles. The number of guanidine groups is 1. The van der Waals surface area contributed by atoms with Gasteiger partial charge in [0.1, 0.15) is 12.5 Å². The molecule has 15 heteroatoms. The van der Waals surface area contributed by atoms with Crippen LogP contribution in [0.5, 0.6) is 23.0 Å². The van der Waals surface area contributed by atoms with Crippen molar-refractivity contribution in [2.75, 3.05) is 38.7 Å². The number of ether oxygens (including phenoxy) is 4. The number of nitrogens with one attached hydrogen (secondary N) is 2. The van der Waals surface area contributed by atoms with E-state index in [1.165, 1.54) is 6.07 Å². The number of aromatic hydroxyl groups is 1. The van der Waals surface area contributed by atoms with E-state index in [0.29, 0.717) is 84.9 Å². The summed E-state index contributed by atoms with van der Waals surface area (Å²) in [5.74, 6) is 16.3. The maximum atomic E-state index is 13.3. The second-order valence-corrected chi connectivity index (χ2v) is 20.8. The van der Waals surface area contributed by atoms with Gasteiger partial charge in [-0.1, -0.05) is 84.1 Å². The number of phenolic OH excluding ortho intramolecular Hbond substituents is 1. The lowest BCUT2D eigenvalue weighted by molar-refractivity contribution is -0.121. The summed E-state index contributed by atoms with van der Waals surface area (Å²) in [7, 11) is 5.27. The summed E-state index contributed by atoms with van der Waals surface area (Å²) < 4.78 is 24.5. The van der Waals surface area contributed by atoms with E-state index in [2.05, 4.69) is 54.2 Å². The average Bonchev–Trinajstić information content (AvgIpc) is 3.26. The number of carbonyl (C=O) groups is 1. The molecule has 2 aromatic rings. The highest BCUT2D eigenvalue weighted by atomic mass is 33.1. The third kappa shape index (κ3) is 11.6. The fourth-order valence-electron chi connectivity index (χ4n) is 10.0. The summed E-state index contributed by atoms with van der Waals surface area (Å²) in [5.41, 5.74) is 9.96. The molecule has 0 radical (unpaired) electrons. The highest BCUT2D eigenvalue weighted by Gasteiger charge is 2.43. The maximum absolute atomic E-state index is 13.3. The summed E-state index contributed by atoms with van der Waals surface area (Å²) >= 11 is 0. The lowest BCUT2D eigenvalue weighted by Crippen LogP contribution is -2.54. The molecule has 1 fully saturated rings.